The van der Waals surface area contributed by atoms with Crippen molar-refractivity contribution >= 4 is 52.3 Å². The van der Waals surface area contributed by atoms with Crippen LogP contribution < -0.4 is 10.2 Å². The van der Waals surface area contributed by atoms with Gasteiger partial charge in [-0.1, -0.05) is 40.9 Å². The molecule has 7 nitrogen and oxygen atoms in total. The van der Waals surface area contributed by atoms with Gasteiger partial charge in [-0.2, -0.15) is 0 Å². The van der Waals surface area contributed by atoms with Crippen molar-refractivity contribution in [3.8, 4) is 0 Å². The summed E-state index contributed by atoms with van der Waals surface area (Å²) in [5.41, 5.74) is 1.19. The van der Waals surface area contributed by atoms with Crippen molar-refractivity contribution in [2.75, 3.05) is 16.8 Å². The van der Waals surface area contributed by atoms with Crippen LogP contribution in [0.5, 0.6) is 0 Å². The molecule has 3 saturated heterocycles. The number of benzene rings is 2. The summed E-state index contributed by atoms with van der Waals surface area (Å²) < 4.78 is 0. The van der Waals surface area contributed by atoms with Gasteiger partial charge in [-0.15, -0.1) is 0 Å². The molecule has 0 aliphatic carbocycles. The predicted molar refractivity (Wildman–Crippen MR) is 119 cm³/mol. The van der Waals surface area contributed by atoms with Crippen LogP contribution in [0.15, 0.2) is 36.4 Å². The molecule has 3 amide bonds. The number of imide groups is 1. The number of fused-ring (bicyclic) bond motifs is 7. The van der Waals surface area contributed by atoms with Crippen LogP contribution in [-0.4, -0.2) is 46.4 Å². The Labute approximate surface area is 193 Å². The highest BCUT2D eigenvalue weighted by atomic mass is 35.5. The van der Waals surface area contributed by atoms with E-state index in [0.717, 1.165) is 10.5 Å². The number of hydrogen-bond acceptors (Lipinski definition) is 5. The van der Waals surface area contributed by atoms with E-state index in [0.29, 0.717) is 27.7 Å². The second-order valence-electron chi connectivity index (χ2n) is 9.02. The van der Waals surface area contributed by atoms with Gasteiger partial charge in [0.15, 0.2) is 0 Å². The molecule has 4 unspecified atom stereocenters. The zero-order valence-electron chi connectivity index (χ0n) is 17.0. The Morgan fingerprint density at radius 2 is 1.78 bits per heavy atom. The first-order valence-corrected chi connectivity index (χ1v) is 11.2. The summed E-state index contributed by atoms with van der Waals surface area (Å²) in [7, 11) is 0. The van der Waals surface area contributed by atoms with Crippen molar-refractivity contribution in [1.82, 2.24) is 4.90 Å². The fourth-order valence-electron chi connectivity index (χ4n) is 6.22. The Balaban J connectivity index is 1.57. The van der Waals surface area contributed by atoms with E-state index in [9.17, 15) is 19.5 Å². The highest BCUT2D eigenvalue weighted by Crippen LogP contribution is 2.60. The van der Waals surface area contributed by atoms with E-state index >= 15 is 0 Å². The first-order chi connectivity index (χ1) is 15.2. The van der Waals surface area contributed by atoms with Crippen molar-refractivity contribution in [2.24, 2.45) is 11.8 Å². The first kappa shape index (κ1) is 20.2. The molecule has 2 aromatic carbocycles. The van der Waals surface area contributed by atoms with Crippen LogP contribution in [0, 0.1) is 18.8 Å². The number of nitrogens with zero attached hydrogens (tertiary/aromatic N) is 2. The summed E-state index contributed by atoms with van der Waals surface area (Å²) in [6.07, 6.45) is -0.363. The van der Waals surface area contributed by atoms with Crippen molar-refractivity contribution in [2.45, 2.75) is 31.0 Å². The molecule has 4 aliphatic heterocycles. The van der Waals surface area contributed by atoms with E-state index in [2.05, 4.69) is 5.32 Å². The third-order valence-electron chi connectivity index (χ3n) is 7.28. The molecule has 0 saturated carbocycles. The fourth-order valence-corrected chi connectivity index (χ4v) is 6.74. The van der Waals surface area contributed by atoms with Crippen LogP contribution >= 0.6 is 23.2 Å². The van der Waals surface area contributed by atoms with Gasteiger partial charge in [-0.05, 0) is 37.6 Å². The number of hydrogen-bond donors (Lipinski definition) is 2. The van der Waals surface area contributed by atoms with Crippen LogP contribution in [0.2, 0.25) is 10.0 Å². The van der Waals surface area contributed by atoms with Crippen LogP contribution in [-0.2, 0) is 19.9 Å². The lowest BCUT2D eigenvalue weighted by molar-refractivity contribution is -0.135. The van der Waals surface area contributed by atoms with Gasteiger partial charge in [0, 0.05) is 33.9 Å². The zero-order valence-corrected chi connectivity index (χ0v) is 18.5. The quantitative estimate of drug-likeness (QED) is 0.624. The van der Waals surface area contributed by atoms with Gasteiger partial charge in [0.2, 0.25) is 17.7 Å². The molecule has 9 heteroatoms. The van der Waals surface area contributed by atoms with E-state index in [4.69, 9.17) is 23.2 Å². The maximum atomic E-state index is 13.9. The van der Waals surface area contributed by atoms with Crippen LogP contribution in [0.3, 0.4) is 0 Å². The maximum absolute atomic E-state index is 13.9. The van der Waals surface area contributed by atoms with E-state index in [1.807, 2.05) is 30.0 Å². The molecular weight excluding hydrogens is 453 g/mol. The Morgan fingerprint density at radius 3 is 2.50 bits per heavy atom. The van der Waals surface area contributed by atoms with E-state index < -0.39 is 41.3 Å². The van der Waals surface area contributed by atoms with Gasteiger partial charge in [0.25, 0.3) is 0 Å². The predicted octanol–water partition coefficient (Wildman–Crippen LogP) is 2.70. The Hall–Kier alpha value is -2.45. The molecule has 4 aliphatic rings. The molecular formula is C23H19Cl2N3O4. The van der Waals surface area contributed by atoms with Crippen LogP contribution in [0.1, 0.15) is 17.5 Å². The lowest BCUT2D eigenvalue weighted by Crippen LogP contribution is -2.54. The number of carbonyl (C=O) groups is 3. The van der Waals surface area contributed by atoms with Gasteiger partial charge in [0.1, 0.15) is 5.54 Å². The molecule has 3 fully saturated rings. The summed E-state index contributed by atoms with van der Waals surface area (Å²) in [5, 5.41) is 14.0. The second kappa shape index (κ2) is 6.54. The lowest BCUT2D eigenvalue weighted by atomic mass is 9.75. The number of anilines is 2. The fraction of sp³-hybridized carbons (Fsp3) is 0.348. The van der Waals surface area contributed by atoms with Crippen LogP contribution in [0.25, 0.3) is 0 Å². The van der Waals surface area contributed by atoms with E-state index in [1.165, 1.54) is 18.2 Å². The Bertz CT molecular complexity index is 1210. The average Bonchev–Trinajstić information content (AvgIpc) is 3.37. The van der Waals surface area contributed by atoms with Crippen molar-refractivity contribution in [1.29, 1.82) is 0 Å². The minimum Gasteiger partial charge on any atom is -0.392 e. The summed E-state index contributed by atoms with van der Waals surface area (Å²) >= 11 is 12.3. The lowest BCUT2D eigenvalue weighted by Gasteiger charge is -2.36. The Kier molecular flexibility index (Phi) is 4.13. The third kappa shape index (κ3) is 2.37. The van der Waals surface area contributed by atoms with Gasteiger partial charge < -0.3 is 10.4 Å². The summed E-state index contributed by atoms with van der Waals surface area (Å²) in [6.45, 7) is 2.14. The standard InChI is InChI=1S/C23H19Cl2N3O4/c1-10-2-3-16-15(4-10)23(22(32)26-16)19-18(17-8-14(29)9-27(17)23)20(30)28(21(19)31)13-6-11(24)5-12(25)7-13/h2-7,14,17-19,29H,8-9H2,1H3,(H,26,32)/t14-,17?,18?,19?,23?/m0/s1. The largest absolute Gasteiger partial charge is 0.392 e. The smallest absolute Gasteiger partial charge is 0.250 e. The third-order valence-corrected chi connectivity index (χ3v) is 7.71. The number of rotatable bonds is 1. The summed E-state index contributed by atoms with van der Waals surface area (Å²) in [6, 6.07) is 9.75. The SMILES string of the molecule is Cc1ccc2c(c1)C1(C(=O)N2)C2C(=O)N(c3cc(Cl)cc(Cl)c3)C(=O)C2C2C[C@H](O)CN21. The topological polar surface area (TPSA) is 90.0 Å². The van der Waals surface area contributed by atoms with Crippen molar-refractivity contribution < 1.29 is 19.5 Å². The molecule has 1 spiro atoms. The highest BCUT2D eigenvalue weighted by Gasteiger charge is 2.75. The molecule has 0 bridgehead atoms. The minimum atomic E-state index is -1.35. The number of amides is 3. The number of nitrogens with one attached hydrogen (secondary N) is 1. The molecule has 5 atom stereocenters. The molecule has 0 aromatic heterocycles. The maximum Gasteiger partial charge on any atom is 0.250 e. The monoisotopic (exact) mass is 471 g/mol. The van der Waals surface area contributed by atoms with Gasteiger partial charge in [-0.3, -0.25) is 19.3 Å². The average molecular weight is 472 g/mol. The van der Waals surface area contributed by atoms with Gasteiger partial charge in [-0.25, -0.2) is 4.90 Å². The molecule has 0 radical (unpaired) electrons. The second-order valence-corrected chi connectivity index (χ2v) is 9.89. The number of halogens is 2. The van der Waals surface area contributed by atoms with Crippen molar-refractivity contribution in [3.63, 3.8) is 0 Å². The minimum absolute atomic E-state index is 0.224. The highest BCUT2D eigenvalue weighted by molar-refractivity contribution is 6.36. The number of aliphatic hydroxyl groups is 1. The van der Waals surface area contributed by atoms with Crippen LogP contribution in [0.4, 0.5) is 11.4 Å². The molecule has 6 rings (SSSR count). The van der Waals surface area contributed by atoms with E-state index in [1.54, 1.807) is 0 Å². The number of aliphatic hydroxyl groups excluding tert-OH is 1. The van der Waals surface area contributed by atoms with Crippen molar-refractivity contribution in [3.05, 3.63) is 57.6 Å². The van der Waals surface area contributed by atoms with E-state index in [-0.39, 0.29) is 18.1 Å². The first-order valence-electron chi connectivity index (χ1n) is 10.4. The molecule has 2 N–H and O–H groups in total. The normalized spacial score (nSPS) is 33.1. The van der Waals surface area contributed by atoms with Gasteiger partial charge >= 0.3 is 0 Å². The Morgan fingerprint density at radius 1 is 1.06 bits per heavy atom. The zero-order chi connectivity index (χ0) is 22.5. The molecule has 164 valence electrons. The molecule has 4 heterocycles. The van der Waals surface area contributed by atoms with Gasteiger partial charge in [0.05, 0.1) is 23.6 Å². The number of carbonyl (C=O) groups excluding carboxylic acids is 3. The molecule has 2 aromatic rings. The summed E-state index contributed by atoms with van der Waals surface area (Å²) in [5.74, 6) is -2.85. The number of aryl methyl sites for hydroxylation is 1. The summed E-state index contributed by atoms with van der Waals surface area (Å²) in [4.78, 5) is 44.2. The molecule has 32 heavy (non-hydrogen) atoms.